The summed E-state index contributed by atoms with van der Waals surface area (Å²) in [5, 5.41) is 13.6. The highest BCUT2D eigenvalue weighted by Gasteiger charge is 2.31. The molecule has 3 N–H and O–H groups in total. The van der Waals surface area contributed by atoms with Crippen LogP contribution in [-0.2, 0) is 23.9 Å². The van der Waals surface area contributed by atoms with E-state index in [0.717, 1.165) is 22.3 Å². The number of fused-ring (bicyclic) bond motifs is 3. The molecule has 0 bridgehead atoms. The third-order valence-corrected chi connectivity index (χ3v) is 5.62. The molecule has 2 amide bonds. The fourth-order valence-electron chi connectivity index (χ4n) is 3.92. The number of amides is 2. The SMILES string of the molecule is CC(C)[C@H](NC(=O)OCC1c2ccccc2-c2ccccc21)C(=O)N[C@@H](C)C(=O)OCC(=O)O. The van der Waals surface area contributed by atoms with Gasteiger partial charge in [-0.1, -0.05) is 62.4 Å². The van der Waals surface area contributed by atoms with E-state index in [0.29, 0.717) is 0 Å². The van der Waals surface area contributed by atoms with Gasteiger partial charge in [-0.2, -0.15) is 0 Å². The van der Waals surface area contributed by atoms with Crippen LogP contribution in [-0.4, -0.2) is 54.3 Å². The molecule has 1 aliphatic carbocycles. The molecule has 0 fully saturated rings. The van der Waals surface area contributed by atoms with Crippen LogP contribution >= 0.6 is 0 Å². The van der Waals surface area contributed by atoms with Gasteiger partial charge in [-0.3, -0.25) is 4.79 Å². The van der Waals surface area contributed by atoms with Gasteiger partial charge in [0.1, 0.15) is 18.7 Å². The lowest BCUT2D eigenvalue weighted by atomic mass is 9.98. The van der Waals surface area contributed by atoms with E-state index < -0.39 is 42.6 Å². The fourth-order valence-corrected chi connectivity index (χ4v) is 3.92. The Morgan fingerprint density at radius 2 is 1.44 bits per heavy atom. The Hall–Kier alpha value is -3.88. The van der Waals surface area contributed by atoms with E-state index in [4.69, 9.17) is 9.84 Å². The number of carboxylic acids is 1. The number of benzene rings is 2. The van der Waals surface area contributed by atoms with Crippen molar-refractivity contribution in [3.05, 3.63) is 59.7 Å². The number of nitrogens with one attached hydrogen (secondary N) is 2. The first-order valence-corrected chi connectivity index (χ1v) is 11.0. The van der Waals surface area contributed by atoms with E-state index in [9.17, 15) is 19.2 Å². The van der Waals surface area contributed by atoms with Crippen LogP contribution in [0.4, 0.5) is 4.79 Å². The lowest BCUT2D eigenvalue weighted by Crippen LogP contribution is -2.53. The van der Waals surface area contributed by atoms with Crippen LogP contribution in [0, 0.1) is 5.92 Å². The molecule has 0 unspecified atom stereocenters. The van der Waals surface area contributed by atoms with Gasteiger partial charge in [0.25, 0.3) is 0 Å². The molecule has 180 valence electrons. The summed E-state index contributed by atoms with van der Waals surface area (Å²) in [6.45, 7) is 4.14. The molecule has 2 aromatic carbocycles. The summed E-state index contributed by atoms with van der Waals surface area (Å²) in [6.07, 6.45) is -0.753. The van der Waals surface area contributed by atoms with Crippen molar-refractivity contribution in [1.82, 2.24) is 10.6 Å². The first-order chi connectivity index (χ1) is 16.2. The number of carboxylic acid groups (broad SMARTS) is 1. The zero-order valence-corrected chi connectivity index (χ0v) is 19.2. The number of carbonyl (C=O) groups excluding carboxylic acids is 3. The van der Waals surface area contributed by atoms with E-state index >= 15 is 0 Å². The minimum atomic E-state index is -1.30. The van der Waals surface area contributed by atoms with Gasteiger partial charge in [0, 0.05) is 5.92 Å². The van der Waals surface area contributed by atoms with Crippen molar-refractivity contribution in [3.8, 4) is 11.1 Å². The Kier molecular flexibility index (Phi) is 7.88. The van der Waals surface area contributed by atoms with Gasteiger partial charge in [0.2, 0.25) is 5.91 Å². The third-order valence-electron chi connectivity index (χ3n) is 5.62. The molecule has 0 saturated heterocycles. The summed E-state index contributed by atoms with van der Waals surface area (Å²) < 4.78 is 10.1. The molecule has 3 rings (SSSR count). The first kappa shape index (κ1) is 24.8. The molecular weight excluding hydrogens is 440 g/mol. The predicted octanol–water partition coefficient (Wildman–Crippen LogP) is 2.68. The maximum atomic E-state index is 12.7. The van der Waals surface area contributed by atoms with Gasteiger partial charge in [-0.15, -0.1) is 0 Å². The number of esters is 1. The molecule has 0 saturated carbocycles. The molecule has 0 aromatic heterocycles. The van der Waals surface area contributed by atoms with Crippen LogP contribution in [0.15, 0.2) is 48.5 Å². The van der Waals surface area contributed by atoms with Gasteiger partial charge in [-0.25, -0.2) is 14.4 Å². The minimum absolute atomic E-state index is 0.101. The van der Waals surface area contributed by atoms with Gasteiger partial charge in [0.05, 0.1) is 0 Å². The van der Waals surface area contributed by atoms with E-state index in [1.54, 1.807) is 13.8 Å². The third kappa shape index (κ3) is 5.72. The summed E-state index contributed by atoms with van der Waals surface area (Å²) in [4.78, 5) is 47.6. The highest BCUT2D eigenvalue weighted by Crippen LogP contribution is 2.44. The van der Waals surface area contributed by atoms with Gasteiger partial charge in [-0.05, 0) is 35.1 Å². The molecule has 0 aliphatic heterocycles. The number of alkyl carbamates (subject to hydrolysis) is 1. The lowest BCUT2D eigenvalue weighted by molar-refractivity contribution is -0.156. The Morgan fingerprint density at radius 1 is 0.882 bits per heavy atom. The maximum Gasteiger partial charge on any atom is 0.407 e. The number of ether oxygens (including phenoxy) is 2. The van der Waals surface area contributed by atoms with Gasteiger partial charge < -0.3 is 25.2 Å². The van der Waals surface area contributed by atoms with Crippen LogP contribution in [0.2, 0.25) is 0 Å². The Balaban J connectivity index is 1.60. The number of rotatable bonds is 9. The number of carbonyl (C=O) groups is 4. The topological polar surface area (TPSA) is 131 Å². The second-order valence-electron chi connectivity index (χ2n) is 8.42. The highest BCUT2D eigenvalue weighted by atomic mass is 16.6. The molecule has 0 radical (unpaired) electrons. The van der Waals surface area contributed by atoms with Crippen LogP contribution in [0.1, 0.15) is 37.8 Å². The smallest absolute Gasteiger partial charge is 0.407 e. The largest absolute Gasteiger partial charge is 0.479 e. The van der Waals surface area contributed by atoms with Crippen LogP contribution in [0.5, 0.6) is 0 Å². The number of hydrogen-bond acceptors (Lipinski definition) is 6. The van der Waals surface area contributed by atoms with E-state index in [1.165, 1.54) is 6.92 Å². The lowest BCUT2D eigenvalue weighted by Gasteiger charge is -2.23. The Bertz CT molecular complexity index is 1040. The summed E-state index contributed by atoms with van der Waals surface area (Å²) in [7, 11) is 0. The first-order valence-electron chi connectivity index (χ1n) is 11.0. The second kappa shape index (κ2) is 10.8. The quantitative estimate of drug-likeness (QED) is 0.482. The van der Waals surface area contributed by atoms with Crippen molar-refractivity contribution < 1.29 is 33.8 Å². The molecule has 0 heterocycles. The average Bonchev–Trinajstić information content (AvgIpc) is 3.13. The van der Waals surface area contributed by atoms with Crippen molar-refractivity contribution in [2.24, 2.45) is 5.92 Å². The Labute approximate surface area is 197 Å². The van der Waals surface area contributed by atoms with Gasteiger partial charge >= 0.3 is 18.0 Å². The van der Waals surface area contributed by atoms with Crippen LogP contribution < -0.4 is 10.6 Å². The number of aliphatic carboxylic acids is 1. The fraction of sp³-hybridized carbons (Fsp3) is 0.360. The zero-order chi connectivity index (χ0) is 24.8. The maximum absolute atomic E-state index is 12.7. The molecular formula is C25H28N2O7. The molecule has 9 heteroatoms. The normalized spacial score (nSPS) is 13.9. The highest BCUT2D eigenvalue weighted by molar-refractivity contribution is 5.90. The standard InChI is InChI=1S/C25H28N2O7/c1-14(2)22(23(30)26-15(3)24(31)33-13-21(28)29)27-25(32)34-12-20-18-10-6-4-8-16(18)17-9-5-7-11-19(17)20/h4-11,14-15,20,22H,12-13H2,1-3H3,(H,26,30)(H,27,32)(H,28,29)/t15-,22-/m0/s1. The average molecular weight is 469 g/mol. The minimum Gasteiger partial charge on any atom is -0.479 e. The van der Waals surface area contributed by atoms with Crippen molar-refractivity contribution >= 4 is 23.9 Å². The Morgan fingerprint density at radius 3 is 1.97 bits per heavy atom. The van der Waals surface area contributed by atoms with Crippen molar-refractivity contribution in [2.45, 2.75) is 38.8 Å². The molecule has 0 spiro atoms. The van der Waals surface area contributed by atoms with E-state index in [-0.39, 0.29) is 18.4 Å². The summed E-state index contributed by atoms with van der Waals surface area (Å²) in [6, 6.07) is 13.9. The van der Waals surface area contributed by atoms with Crippen molar-refractivity contribution in [1.29, 1.82) is 0 Å². The summed E-state index contributed by atoms with van der Waals surface area (Å²) in [5.74, 6) is -3.22. The summed E-state index contributed by atoms with van der Waals surface area (Å²) in [5.41, 5.74) is 4.36. The van der Waals surface area contributed by atoms with E-state index in [1.807, 2.05) is 48.5 Å². The van der Waals surface area contributed by atoms with Crippen molar-refractivity contribution in [2.75, 3.05) is 13.2 Å². The van der Waals surface area contributed by atoms with Crippen molar-refractivity contribution in [3.63, 3.8) is 0 Å². The molecule has 34 heavy (non-hydrogen) atoms. The molecule has 2 atom stereocenters. The zero-order valence-electron chi connectivity index (χ0n) is 19.2. The van der Waals surface area contributed by atoms with Crippen LogP contribution in [0.3, 0.4) is 0 Å². The molecule has 9 nitrogen and oxygen atoms in total. The van der Waals surface area contributed by atoms with Gasteiger partial charge in [0.15, 0.2) is 6.61 Å². The van der Waals surface area contributed by atoms with Crippen LogP contribution in [0.25, 0.3) is 11.1 Å². The number of hydrogen-bond donors (Lipinski definition) is 3. The summed E-state index contributed by atoms with van der Waals surface area (Å²) >= 11 is 0. The van der Waals surface area contributed by atoms with E-state index in [2.05, 4.69) is 15.4 Å². The monoisotopic (exact) mass is 468 g/mol. The molecule has 1 aliphatic rings. The second-order valence-corrected chi connectivity index (χ2v) is 8.42. The predicted molar refractivity (Wildman–Crippen MR) is 123 cm³/mol. The molecule has 2 aromatic rings.